The molecule has 0 saturated carbocycles. The molecule has 96 valence electrons. The van der Waals surface area contributed by atoms with E-state index in [1.807, 2.05) is 0 Å². The molecule has 0 aromatic heterocycles. The highest BCUT2D eigenvalue weighted by Crippen LogP contribution is 2.37. The van der Waals surface area contributed by atoms with E-state index in [9.17, 15) is 4.79 Å². The molecule has 0 bridgehead atoms. The molecule has 2 atom stereocenters. The Labute approximate surface area is 108 Å². The minimum absolute atomic E-state index is 0.196. The standard InChI is InChI=1S/C16H20O2/c17-14(11-15-6-3-4-8-18-15)10-13-9-12-5-1-2-7-16(12)13/h1-2,5,7,13,15H,3-4,6,8-11H2. The molecule has 1 saturated heterocycles. The molecule has 1 fully saturated rings. The van der Waals surface area contributed by atoms with Crippen molar-refractivity contribution in [2.24, 2.45) is 0 Å². The first-order chi connectivity index (χ1) is 8.83. The summed E-state index contributed by atoms with van der Waals surface area (Å²) in [7, 11) is 0. The largest absolute Gasteiger partial charge is 0.378 e. The Hall–Kier alpha value is -1.15. The minimum atomic E-state index is 0.196. The summed E-state index contributed by atoms with van der Waals surface area (Å²) in [5, 5.41) is 0. The highest BCUT2D eigenvalue weighted by molar-refractivity contribution is 5.80. The van der Waals surface area contributed by atoms with Gasteiger partial charge in [0.1, 0.15) is 5.78 Å². The molecule has 2 unspecified atom stereocenters. The summed E-state index contributed by atoms with van der Waals surface area (Å²) in [6.07, 6.45) is 6.03. The Kier molecular flexibility index (Phi) is 3.46. The van der Waals surface area contributed by atoms with Gasteiger partial charge in [0, 0.05) is 19.4 Å². The summed E-state index contributed by atoms with van der Waals surface area (Å²) in [4.78, 5) is 12.0. The van der Waals surface area contributed by atoms with Gasteiger partial charge >= 0.3 is 0 Å². The van der Waals surface area contributed by atoms with Crippen molar-refractivity contribution in [3.05, 3.63) is 35.4 Å². The van der Waals surface area contributed by atoms with Crippen molar-refractivity contribution in [3.63, 3.8) is 0 Å². The molecule has 0 spiro atoms. The number of carbonyl (C=O) groups excluding carboxylic acids is 1. The van der Waals surface area contributed by atoms with Crippen LogP contribution in [0.15, 0.2) is 24.3 Å². The number of fused-ring (bicyclic) bond motifs is 1. The number of carbonyl (C=O) groups is 1. The fraction of sp³-hybridized carbons (Fsp3) is 0.562. The molecule has 1 aliphatic carbocycles. The zero-order valence-electron chi connectivity index (χ0n) is 10.7. The molecule has 3 rings (SSSR count). The van der Waals surface area contributed by atoms with Gasteiger partial charge in [-0.3, -0.25) is 4.79 Å². The Bertz CT molecular complexity index is 432. The summed E-state index contributed by atoms with van der Waals surface area (Å²) < 4.78 is 5.63. The first kappa shape index (κ1) is 11.9. The van der Waals surface area contributed by atoms with Crippen LogP contribution < -0.4 is 0 Å². The van der Waals surface area contributed by atoms with Crippen LogP contribution in [-0.2, 0) is 16.0 Å². The first-order valence-corrected chi connectivity index (χ1v) is 7.04. The fourth-order valence-corrected chi connectivity index (χ4v) is 3.13. The lowest BCUT2D eigenvalue weighted by Crippen LogP contribution is -2.25. The van der Waals surface area contributed by atoms with Gasteiger partial charge in [0.25, 0.3) is 0 Å². The molecule has 2 nitrogen and oxygen atoms in total. The fourth-order valence-electron chi connectivity index (χ4n) is 3.13. The Morgan fingerprint density at radius 1 is 1.22 bits per heavy atom. The first-order valence-electron chi connectivity index (χ1n) is 7.04. The highest BCUT2D eigenvalue weighted by Gasteiger charge is 2.28. The summed E-state index contributed by atoms with van der Waals surface area (Å²) >= 11 is 0. The zero-order valence-corrected chi connectivity index (χ0v) is 10.7. The van der Waals surface area contributed by atoms with E-state index in [-0.39, 0.29) is 6.10 Å². The Balaban J connectivity index is 1.50. The van der Waals surface area contributed by atoms with E-state index in [2.05, 4.69) is 24.3 Å². The highest BCUT2D eigenvalue weighted by atomic mass is 16.5. The molecule has 2 aliphatic rings. The third kappa shape index (κ3) is 2.49. The van der Waals surface area contributed by atoms with Gasteiger partial charge in [0.2, 0.25) is 0 Å². The number of benzene rings is 1. The second-order valence-corrected chi connectivity index (χ2v) is 5.54. The number of ether oxygens (including phenoxy) is 1. The predicted molar refractivity (Wildman–Crippen MR) is 70.7 cm³/mol. The van der Waals surface area contributed by atoms with Gasteiger partial charge < -0.3 is 4.74 Å². The molecule has 0 N–H and O–H groups in total. The molecule has 2 heteroatoms. The quantitative estimate of drug-likeness (QED) is 0.812. The number of ketones is 1. The number of hydrogen-bond acceptors (Lipinski definition) is 2. The van der Waals surface area contributed by atoms with Crippen molar-refractivity contribution in [3.8, 4) is 0 Å². The number of hydrogen-bond donors (Lipinski definition) is 0. The third-order valence-electron chi connectivity index (χ3n) is 4.16. The number of Topliss-reactive ketones (excluding diaryl/α,β-unsaturated/α-hetero) is 1. The van der Waals surface area contributed by atoms with Gasteiger partial charge in [-0.05, 0) is 42.7 Å². The van der Waals surface area contributed by atoms with Crippen molar-refractivity contribution in [2.45, 2.75) is 50.5 Å². The van der Waals surface area contributed by atoms with Crippen molar-refractivity contribution in [2.75, 3.05) is 6.61 Å². The third-order valence-corrected chi connectivity index (χ3v) is 4.16. The van der Waals surface area contributed by atoms with Crippen LogP contribution in [0.2, 0.25) is 0 Å². The predicted octanol–water partition coefficient (Wildman–Crippen LogP) is 3.24. The Morgan fingerprint density at radius 3 is 2.89 bits per heavy atom. The smallest absolute Gasteiger partial charge is 0.136 e. The van der Waals surface area contributed by atoms with Gasteiger partial charge in [0.15, 0.2) is 0 Å². The minimum Gasteiger partial charge on any atom is -0.378 e. The van der Waals surface area contributed by atoms with Crippen LogP contribution in [0.4, 0.5) is 0 Å². The van der Waals surface area contributed by atoms with Crippen molar-refractivity contribution < 1.29 is 9.53 Å². The summed E-state index contributed by atoms with van der Waals surface area (Å²) in [5.41, 5.74) is 2.81. The summed E-state index contributed by atoms with van der Waals surface area (Å²) in [5.74, 6) is 0.846. The Morgan fingerprint density at radius 2 is 2.11 bits per heavy atom. The van der Waals surface area contributed by atoms with Crippen LogP contribution in [0.5, 0.6) is 0 Å². The normalized spacial score (nSPS) is 26.2. The van der Waals surface area contributed by atoms with E-state index in [0.29, 0.717) is 24.5 Å². The lowest BCUT2D eigenvalue weighted by atomic mass is 9.74. The average molecular weight is 244 g/mol. The van der Waals surface area contributed by atoms with Crippen LogP contribution >= 0.6 is 0 Å². The van der Waals surface area contributed by atoms with Gasteiger partial charge in [0.05, 0.1) is 6.10 Å². The topological polar surface area (TPSA) is 26.3 Å². The number of rotatable bonds is 4. The monoisotopic (exact) mass is 244 g/mol. The van der Waals surface area contributed by atoms with E-state index >= 15 is 0 Å². The maximum absolute atomic E-state index is 12.0. The zero-order chi connectivity index (χ0) is 12.4. The second-order valence-electron chi connectivity index (χ2n) is 5.54. The van der Waals surface area contributed by atoms with Crippen molar-refractivity contribution in [1.82, 2.24) is 0 Å². The molecule has 0 amide bonds. The molecule has 1 aromatic rings. The SMILES string of the molecule is O=C(CC1CCCCO1)CC1Cc2ccccc21. The molecule has 1 aromatic carbocycles. The molecule has 0 radical (unpaired) electrons. The van der Waals surface area contributed by atoms with Gasteiger partial charge in [-0.1, -0.05) is 24.3 Å². The summed E-state index contributed by atoms with van der Waals surface area (Å²) in [6, 6.07) is 8.47. The maximum Gasteiger partial charge on any atom is 0.136 e. The average Bonchev–Trinajstić information content (AvgIpc) is 2.37. The van der Waals surface area contributed by atoms with Crippen LogP contribution in [0.25, 0.3) is 0 Å². The van der Waals surface area contributed by atoms with E-state index in [4.69, 9.17) is 4.74 Å². The maximum atomic E-state index is 12.0. The van der Waals surface area contributed by atoms with E-state index < -0.39 is 0 Å². The van der Waals surface area contributed by atoms with Crippen molar-refractivity contribution in [1.29, 1.82) is 0 Å². The van der Waals surface area contributed by atoms with E-state index in [1.54, 1.807) is 0 Å². The van der Waals surface area contributed by atoms with E-state index in [1.165, 1.54) is 17.5 Å². The van der Waals surface area contributed by atoms with Gasteiger partial charge in [-0.15, -0.1) is 0 Å². The van der Waals surface area contributed by atoms with E-state index in [0.717, 1.165) is 25.9 Å². The van der Waals surface area contributed by atoms with Gasteiger partial charge in [-0.25, -0.2) is 0 Å². The molecular formula is C16H20O2. The van der Waals surface area contributed by atoms with Gasteiger partial charge in [-0.2, -0.15) is 0 Å². The molecule has 18 heavy (non-hydrogen) atoms. The molecular weight excluding hydrogens is 224 g/mol. The van der Waals surface area contributed by atoms with Crippen LogP contribution in [-0.4, -0.2) is 18.5 Å². The van der Waals surface area contributed by atoms with Crippen molar-refractivity contribution >= 4 is 5.78 Å². The lowest BCUT2D eigenvalue weighted by molar-refractivity contribution is -0.123. The lowest BCUT2D eigenvalue weighted by Gasteiger charge is -2.30. The van der Waals surface area contributed by atoms with Crippen LogP contribution in [0.3, 0.4) is 0 Å². The van der Waals surface area contributed by atoms with Crippen LogP contribution in [0, 0.1) is 0 Å². The van der Waals surface area contributed by atoms with Crippen LogP contribution in [0.1, 0.15) is 49.1 Å². The molecule has 1 heterocycles. The second kappa shape index (κ2) is 5.23. The molecule has 1 aliphatic heterocycles. The summed E-state index contributed by atoms with van der Waals surface area (Å²) in [6.45, 7) is 0.838.